The molecule has 0 aromatic heterocycles. The Labute approximate surface area is 113 Å². The van der Waals surface area contributed by atoms with E-state index in [1.807, 2.05) is 19.1 Å². The number of sulfonamides is 1. The maximum Gasteiger partial charge on any atom is 0.305 e. The van der Waals surface area contributed by atoms with Crippen molar-refractivity contribution in [3.05, 3.63) is 29.8 Å². The Morgan fingerprint density at radius 2 is 1.95 bits per heavy atom. The van der Waals surface area contributed by atoms with Gasteiger partial charge < -0.3 is 5.11 Å². The molecular formula is C13H19NO4S. The van der Waals surface area contributed by atoms with E-state index >= 15 is 0 Å². The van der Waals surface area contributed by atoms with E-state index in [4.69, 9.17) is 5.11 Å². The molecule has 0 atom stereocenters. The van der Waals surface area contributed by atoms with Crippen LogP contribution in [0.3, 0.4) is 0 Å². The third kappa shape index (κ3) is 4.24. The lowest BCUT2D eigenvalue weighted by atomic mass is 10.2. The zero-order valence-corrected chi connectivity index (χ0v) is 12.0. The van der Waals surface area contributed by atoms with Gasteiger partial charge in [0, 0.05) is 6.54 Å². The van der Waals surface area contributed by atoms with E-state index < -0.39 is 16.0 Å². The zero-order valence-electron chi connectivity index (χ0n) is 11.2. The molecule has 0 amide bonds. The molecule has 0 aliphatic carbocycles. The van der Waals surface area contributed by atoms with Crippen molar-refractivity contribution in [2.24, 2.45) is 0 Å². The van der Waals surface area contributed by atoms with E-state index in [-0.39, 0.29) is 18.7 Å². The van der Waals surface area contributed by atoms with E-state index in [1.165, 1.54) is 4.31 Å². The second-order valence-corrected chi connectivity index (χ2v) is 6.33. The summed E-state index contributed by atoms with van der Waals surface area (Å²) < 4.78 is 25.7. The summed E-state index contributed by atoms with van der Waals surface area (Å²) in [5.74, 6) is -0.994. The van der Waals surface area contributed by atoms with E-state index in [0.717, 1.165) is 5.56 Å². The number of rotatable bonds is 7. The van der Waals surface area contributed by atoms with Gasteiger partial charge in [-0.05, 0) is 25.0 Å². The van der Waals surface area contributed by atoms with Gasteiger partial charge in [-0.2, -0.15) is 0 Å². The molecule has 1 rings (SSSR count). The summed E-state index contributed by atoms with van der Waals surface area (Å²) in [7, 11) is -3.47. The van der Waals surface area contributed by atoms with Crippen LogP contribution in [-0.4, -0.2) is 31.8 Å². The highest BCUT2D eigenvalue weighted by atomic mass is 32.2. The van der Waals surface area contributed by atoms with Crippen molar-refractivity contribution < 1.29 is 18.3 Å². The summed E-state index contributed by atoms with van der Waals surface area (Å²) in [6.45, 7) is 3.55. The van der Waals surface area contributed by atoms with Crippen LogP contribution in [0.25, 0.3) is 0 Å². The molecule has 0 aliphatic rings. The van der Waals surface area contributed by atoms with Gasteiger partial charge in [0.25, 0.3) is 0 Å². The number of hydrogen-bond donors (Lipinski definition) is 1. The summed E-state index contributed by atoms with van der Waals surface area (Å²) >= 11 is 0. The summed E-state index contributed by atoms with van der Waals surface area (Å²) in [6.07, 6.45) is 0.287. The molecule has 106 valence electrons. The topological polar surface area (TPSA) is 74.7 Å². The van der Waals surface area contributed by atoms with E-state index in [1.54, 1.807) is 19.1 Å². The summed E-state index contributed by atoms with van der Waals surface area (Å²) in [5, 5.41) is 8.75. The number of benzene rings is 1. The lowest BCUT2D eigenvalue weighted by molar-refractivity contribution is -0.136. The van der Waals surface area contributed by atoms with Gasteiger partial charge in [-0.1, -0.05) is 25.1 Å². The minimum Gasteiger partial charge on any atom is -0.481 e. The van der Waals surface area contributed by atoms with Crippen molar-refractivity contribution in [2.45, 2.75) is 26.7 Å². The molecule has 0 saturated heterocycles. The Bertz CT molecular complexity index is 539. The van der Waals surface area contributed by atoms with Crippen molar-refractivity contribution >= 4 is 21.7 Å². The molecule has 1 N–H and O–H groups in total. The smallest absolute Gasteiger partial charge is 0.305 e. The van der Waals surface area contributed by atoms with Crippen molar-refractivity contribution in [1.29, 1.82) is 0 Å². The number of aliphatic carboxylic acids is 1. The predicted octanol–water partition coefficient (Wildman–Crippen LogP) is 2.02. The van der Waals surface area contributed by atoms with Gasteiger partial charge in [0.2, 0.25) is 10.0 Å². The number of carboxylic acid groups (broad SMARTS) is 1. The summed E-state index contributed by atoms with van der Waals surface area (Å²) in [4.78, 5) is 10.7. The van der Waals surface area contributed by atoms with Crippen LogP contribution in [0.1, 0.15) is 25.3 Å². The Morgan fingerprint density at radius 3 is 2.47 bits per heavy atom. The molecular weight excluding hydrogens is 266 g/mol. The molecule has 5 nitrogen and oxygen atoms in total. The fourth-order valence-electron chi connectivity index (χ4n) is 1.82. The normalized spacial score (nSPS) is 11.3. The number of nitrogens with zero attached hydrogens (tertiary/aromatic N) is 1. The van der Waals surface area contributed by atoms with Crippen LogP contribution in [0.4, 0.5) is 5.69 Å². The monoisotopic (exact) mass is 285 g/mol. The van der Waals surface area contributed by atoms with Crippen molar-refractivity contribution in [3.63, 3.8) is 0 Å². The highest BCUT2D eigenvalue weighted by Gasteiger charge is 2.23. The molecule has 1 aromatic rings. The fourth-order valence-corrected chi connectivity index (χ4v) is 3.43. The Balaban J connectivity index is 3.13. The maximum absolute atomic E-state index is 12.2. The predicted molar refractivity (Wildman–Crippen MR) is 74.9 cm³/mol. The van der Waals surface area contributed by atoms with Gasteiger partial charge in [0.15, 0.2) is 0 Å². The van der Waals surface area contributed by atoms with Gasteiger partial charge in [0.05, 0.1) is 17.9 Å². The maximum atomic E-state index is 12.2. The third-order valence-corrected chi connectivity index (χ3v) is 4.69. The van der Waals surface area contributed by atoms with Gasteiger partial charge in [-0.15, -0.1) is 0 Å². The van der Waals surface area contributed by atoms with Crippen LogP contribution < -0.4 is 4.31 Å². The van der Waals surface area contributed by atoms with Crippen molar-refractivity contribution in [3.8, 4) is 0 Å². The quantitative estimate of drug-likeness (QED) is 0.831. The standard InChI is InChI=1S/C13H19NO4S/c1-3-10-19(17,18)14(9-8-13(15)16)12-7-5-4-6-11(12)2/h4-7H,3,8-10H2,1-2H3,(H,15,16). The molecule has 0 fully saturated rings. The molecule has 0 spiro atoms. The van der Waals surface area contributed by atoms with Gasteiger partial charge in [-0.3, -0.25) is 9.10 Å². The highest BCUT2D eigenvalue weighted by molar-refractivity contribution is 7.92. The van der Waals surface area contributed by atoms with Gasteiger partial charge >= 0.3 is 5.97 Å². The lowest BCUT2D eigenvalue weighted by Gasteiger charge is -2.25. The van der Waals surface area contributed by atoms with Crippen LogP contribution >= 0.6 is 0 Å². The number of anilines is 1. The molecule has 0 bridgehead atoms. The number of carboxylic acids is 1. The Hall–Kier alpha value is -1.56. The molecule has 0 radical (unpaired) electrons. The van der Waals surface area contributed by atoms with Crippen LogP contribution in [-0.2, 0) is 14.8 Å². The van der Waals surface area contributed by atoms with E-state index in [0.29, 0.717) is 12.1 Å². The third-order valence-electron chi connectivity index (χ3n) is 2.71. The SMILES string of the molecule is CCCS(=O)(=O)N(CCC(=O)O)c1ccccc1C. The van der Waals surface area contributed by atoms with Gasteiger partial charge in [-0.25, -0.2) is 8.42 Å². The van der Waals surface area contributed by atoms with E-state index in [9.17, 15) is 13.2 Å². The molecule has 1 aromatic carbocycles. The average molecular weight is 285 g/mol. The van der Waals surface area contributed by atoms with Crippen molar-refractivity contribution in [2.75, 3.05) is 16.6 Å². The largest absolute Gasteiger partial charge is 0.481 e. The second kappa shape index (κ2) is 6.56. The van der Waals surface area contributed by atoms with Crippen LogP contribution in [0, 0.1) is 6.92 Å². The first-order chi connectivity index (χ1) is 8.88. The fraction of sp³-hybridized carbons (Fsp3) is 0.462. The minimum absolute atomic E-state index is 0.0148. The summed E-state index contributed by atoms with van der Waals surface area (Å²) in [5.41, 5.74) is 1.37. The minimum atomic E-state index is -3.47. The average Bonchev–Trinajstić information content (AvgIpc) is 2.30. The number of aryl methyl sites for hydroxylation is 1. The molecule has 0 unspecified atom stereocenters. The first-order valence-corrected chi connectivity index (χ1v) is 7.77. The number of para-hydroxylation sites is 1. The first-order valence-electron chi connectivity index (χ1n) is 6.16. The second-order valence-electron chi connectivity index (χ2n) is 4.32. The van der Waals surface area contributed by atoms with Crippen LogP contribution in [0.15, 0.2) is 24.3 Å². The van der Waals surface area contributed by atoms with Crippen LogP contribution in [0.5, 0.6) is 0 Å². The molecule has 6 heteroatoms. The molecule has 0 heterocycles. The molecule has 19 heavy (non-hydrogen) atoms. The Morgan fingerprint density at radius 1 is 1.32 bits per heavy atom. The zero-order chi connectivity index (χ0) is 14.5. The summed E-state index contributed by atoms with van der Waals surface area (Å²) in [6, 6.07) is 7.08. The highest BCUT2D eigenvalue weighted by Crippen LogP contribution is 2.23. The molecule has 0 aliphatic heterocycles. The van der Waals surface area contributed by atoms with Crippen LogP contribution in [0.2, 0.25) is 0 Å². The van der Waals surface area contributed by atoms with Crippen molar-refractivity contribution in [1.82, 2.24) is 0 Å². The molecule has 0 saturated carbocycles. The number of hydrogen-bond acceptors (Lipinski definition) is 3. The van der Waals surface area contributed by atoms with Gasteiger partial charge in [0.1, 0.15) is 0 Å². The first kappa shape index (κ1) is 15.5. The van der Waals surface area contributed by atoms with E-state index in [2.05, 4.69) is 0 Å². The Kier molecular flexibility index (Phi) is 5.35. The lowest BCUT2D eigenvalue weighted by Crippen LogP contribution is -2.35. The number of carbonyl (C=O) groups is 1.